The number of hydrogen-bond donors (Lipinski definition) is 2. The van der Waals surface area contributed by atoms with Gasteiger partial charge in [-0.05, 0) is 48.1 Å². The Balaban J connectivity index is 1.57. The molecule has 3 heteroatoms. The van der Waals surface area contributed by atoms with E-state index in [1.807, 2.05) is 24.3 Å². The molecule has 0 aromatic heterocycles. The minimum atomic E-state index is 0.103. The second-order valence-electron chi connectivity index (χ2n) is 5.62. The van der Waals surface area contributed by atoms with E-state index in [1.54, 1.807) is 0 Å². The molecule has 108 valence electrons. The summed E-state index contributed by atoms with van der Waals surface area (Å²) in [5.74, 6) is 0.103. The number of amides is 1. The lowest BCUT2D eigenvalue weighted by Gasteiger charge is -2.25. The lowest BCUT2D eigenvalue weighted by Crippen LogP contribution is -2.39. The Labute approximate surface area is 131 Å². The lowest BCUT2D eigenvalue weighted by atomic mass is 9.88. The van der Waals surface area contributed by atoms with Gasteiger partial charge >= 0.3 is 0 Å². The zero-order chi connectivity index (χ0) is 14.7. The molecule has 1 unspecified atom stereocenters. The van der Waals surface area contributed by atoms with E-state index in [2.05, 4.69) is 42.2 Å². The van der Waals surface area contributed by atoms with E-state index in [9.17, 15) is 4.79 Å². The minimum Gasteiger partial charge on any atom is -0.353 e. The predicted molar refractivity (Wildman–Crippen MR) is 87.8 cm³/mol. The van der Waals surface area contributed by atoms with Gasteiger partial charge in [0.15, 0.2) is 0 Å². The third-order valence-electron chi connectivity index (χ3n) is 4.01. The predicted octanol–water partition coefficient (Wildman–Crippen LogP) is 3.19. The van der Waals surface area contributed by atoms with Crippen molar-refractivity contribution in [3.05, 3.63) is 65.2 Å². The van der Waals surface area contributed by atoms with Crippen molar-refractivity contribution in [1.82, 2.24) is 5.32 Å². The highest BCUT2D eigenvalue weighted by atomic mass is 32.1. The summed E-state index contributed by atoms with van der Waals surface area (Å²) >= 11 is 4.25. The van der Waals surface area contributed by atoms with E-state index in [-0.39, 0.29) is 11.9 Å². The third-order valence-corrected chi connectivity index (χ3v) is 4.31. The zero-order valence-corrected chi connectivity index (χ0v) is 12.8. The average Bonchev–Trinajstić information content (AvgIpc) is 2.49. The van der Waals surface area contributed by atoms with Crippen LogP contribution in [0.4, 0.5) is 0 Å². The Morgan fingerprint density at radius 2 is 1.81 bits per heavy atom. The molecule has 1 atom stereocenters. The van der Waals surface area contributed by atoms with Crippen molar-refractivity contribution in [2.75, 3.05) is 0 Å². The number of thiol groups is 1. The molecule has 21 heavy (non-hydrogen) atoms. The van der Waals surface area contributed by atoms with E-state index in [0.717, 1.165) is 29.7 Å². The molecule has 0 spiro atoms. The normalized spacial score (nSPS) is 17.1. The van der Waals surface area contributed by atoms with Gasteiger partial charge in [-0.2, -0.15) is 0 Å². The first-order valence-corrected chi connectivity index (χ1v) is 7.79. The number of aryl methyl sites for hydroxylation is 1. The van der Waals surface area contributed by atoms with Gasteiger partial charge in [-0.15, -0.1) is 12.6 Å². The van der Waals surface area contributed by atoms with Crippen molar-refractivity contribution in [2.45, 2.75) is 36.6 Å². The summed E-state index contributed by atoms with van der Waals surface area (Å²) in [5.41, 5.74) is 3.82. The average molecular weight is 297 g/mol. The van der Waals surface area contributed by atoms with Crippen LogP contribution < -0.4 is 5.32 Å². The molecular weight excluding hydrogens is 278 g/mol. The van der Waals surface area contributed by atoms with Crippen LogP contribution in [0.15, 0.2) is 53.4 Å². The fraction of sp³-hybridized carbons (Fsp3) is 0.278. The third kappa shape index (κ3) is 3.67. The number of benzene rings is 2. The first-order valence-electron chi connectivity index (χ1n) is 7.35. The Morgan fingerprint density at radius 1 is 1.10 bits per heavy atom. The van der Waals surface area contributed by atoms with Gasteiger partial charge in [-0.25, -0.2) is 0 Å². The first-order chi connectivity index (χ1) is 10.2. The molecule has 2 aromatic carbocycles. The maximum Gasteiger partial charge on any atom is 0.224 e. The second kappa shape index (κ2) is 6.35. The number of rotatable bonds is 3. The molecule has 1 amide bonds. The zero-order valence-electron chi connectivity index (χ0n) is 11.9. The van der Waals surface area contributed by atoms with E-state index < -0.39 is 0 Å². The summed E-state index contributed by atoms with van der Waals surface area (Å²) in [4.78, 5) is 13.1. The molecule has 0 radical (unpaired) electrons. The number of carbonyl (C=O) groups is 1. The molecule has 0 bridgehead atoms. The Hall–Kier alpha value is -1.74. The minimum absolute atomic E-state index is 0.103. The maximum atomic E-state index is 12.1. The van der Waals surface area contributed by atoms with E-state index in [0.29, 0.717) is 6.42 Å². The van der Waals surface area contributed by atoms with E-state index in [1.165, 1.54) is 11.1 Å². The molecule has 1 aliphatic rings. The number of hydrogen-bond acceptors (Lipinski definition) is 2. The molecule has 1 N–H and O–H groups in total. The van der Waals surface area contributed by atoms with Crippen LogP contribution in [0.25, 0.3) is 0 Å². The largest absolute Gasteiger partial charge is 0.353 e. The summed E-state index contributed by atoms with van der Waals surface area (Å²) in [6.45, 7) is 0. The van der Waals surface area contributed by atoms with Crippen molar-refractivity contribution < 1.29 is 4.79 Å². The van der Waals surface area contributed by atoms with Crippen LogP contribution in [0.3, 0.4) is 0 Å². The Morgan fingerprint density at radius 3 is 2.57 bits per heavy atom. The van der Waals surface area contributed by atoms with Crippen LogP contribution in [0.2, 0.25) is 0 Å². The van der Waals surface area contributed by atoms with E-state index in [4.69, 9.17) is 0 Å². The van der Waals surface area contributed by atoms with Crippen molar-refractivity contribution in [3.8, 4) is 0 Å². The van der Waals surface area contributed by atoms with Gasteiger partial charge in [0.05, 0.1) is 6.42 Å². The Kier molecular flexibility index (Phi) is 4.30. The van der Waals surface area contributed by atoms with Crippen molar-refractivity contribution >= 4 is 18.5 Å². The van der Waals surface area contributed by atoms with Gasteiger partial charge in [0.1, 0.15) is 0 Å². The van der Waals surface area contributed by atoms with Crippen LogP contribution in [0.5, 0.6) is 0 Å². The topological polar surface area (TPSA) is 29.1 Å². The fourth-order valence-corrected chi connectivity index (χ4v) is 3.05. The van der Waals surface area contributed by atoms with Crippen molar-refractivity contribution in [3.63, 3.8) is 0 Å². The SMILES string of the molecule is O=C(Cc1ccc(S)cc1)NC1CCc2ccccc2C1. The molecule has 0 fully saturated rings. The fourth-order valence-electron chi connectivity index (χ4n) is 2.90. The molecule has 0 saturated carbocycles. The lowest BCUT2D eigenvalue weighted by molar-refractivity contribution is -0.121. The van der Waals surface area contributed by atoms with Crippen LogP contribution in [-0.2, 0) is 24.1 Å². The van der Waals surface area contributed by atoms with Gasteiger partial charge in [-0.1, -0.05) is 36.4 Å². The quantitative estimate of drug-likeness (QED) is 0.837. The van der Waals surface area contributed by atoms with Crippen molar-refractivity contribution in [2.24, 2.45) is 0 Å². The van der Waals surface area contributed by atoms with Crippen LogP contribution in [0, 0.1) is 0 Å². The van der Waals surface area contributed by atoms with Gasteiger partial charge in [0, 0.05) is 10.9 Å². The monoisotopic (exact) mass is 297 g/mol. The van der Waals surface area contributed by atoms with Gasteiger partial charge < -0.3 is 5.32 Å². The molecule has 0 heterocycles. The van der Waals surface area contributed by atoms with E-state index >= 15 is 0 Å². The smallest absolute Gasteiger partial charge is 0.224 e. The van der Waals surface area contributed by atoms with Crippen LogP contribution in [-0.4, -0.2) is 11.9 Å². The molecular formula is C18H19NOS. The van der Waals surface area contributed by atoms with Gasteiger partial charge in [0.2, 0.25) is 5.91 Å². The van der Waals surface area contributed by atoms with Crippen molar-refractivity contribution in [1.29, 1.82) is 0 Å². The standard InChI is InChI=1S/C18H19NOS/c20-18(11-13-5-9-17(21)10-6-13)19-16-8-7-14-3-1-2-4-15(14)12-16/h1-6,9-10,16,21H,7-8,11-12H2,(H,19,20). The molecule has 2 nitrogen and oxygen atoms in total. The molecule has 0 saturated heterocycles. The highest BCUT2D eigenvalue weighted by Crippen LogP contribution is 2.21. The van der Waals surface area contributed by atoms with Crippen LogP contribution in [0.1, 0.15) is 23.1 Å². The molecule has 0 aliphatic heterocycles. The van der Waals surface area contributed by atoms with Gasteiger partial charge in [-0.3, -0.25) is 4.79 Å². The summed E-state index contributed by atoms with van der Waals surface area (Å²) in [7, 11) is 0. The molecule has 1 aliphatic carbocycles. The summed E-state index contributed by atoms with van der Waals surface area (Å²) < 4.78 is 0. The summed E-state index contributed by atoms with van der Waals surface area (Å²) in [6, 6.07) is 16.5. The maximum absolute atomic E-state index is 12.1. The highest BCUT2D eigenvalue weighted by Gasteiger charge is 2.19. The van der Waals surface area contributed by atoms with Gasteiger partial charge in [0.25, 0.3) is 0 Å². The Bertz CT molecular complexity index is 636. The number of carbonyl (C=O) groups excluding carboxylic acids is 1. The highest BCUT2D eigenvalue weighted by molar-refractivity contribution is 7.80. The first kappa shape index (κ1) is 14.2. The summed E-state index contributed by atoms with van der Waals surface area (Å²) in [6.07, 6.45) is 3.46. The van der Waals surface area contributed by atoms with Crippen LogP contribution >= 0.6 is 12.6 Å². The second-order valence-corrected chi connectivity index (χ2v) is 6.14. The number of nitrogens with one attached hydrogen (secondary N) is 1. The molecule has 2 aromatic rings. The summed E-state index contributed by atoms with van der Waals surface area (Å²) in [5, 5.41) is 3.16. The number of fused-ring (bicyclic) bond motifs is 1. The molecule has 3 rings (SSSR count).